The Labute approximate surface area is 106 Å². The largest absolute Gasteiger partial charge is 0.380 e. The van der Waals surface area contributed by atoms with Crippen LogP contribution in [0.15, 0.2) is 12.1 Å². The highest BCUT2D eigenvalue weighted by Crippen LogP contribution is 2.01. The van der Waals surface area contributed by atoms with Crippen LogP contribution in [0.3, 0.4) is 0 Å². The summed E-state index contributed by atoms with van der Waals surface area (Å²) < 4.78 is 5.23. The lowest BCUT2D eigenvalue weighted by Gasteiger charge is -2.05. The number of amides is 1. The maximum atomic E-state index is 11.2. The van der Waals surface area contributed by atoms with Crippen LogP contribution >= 0.6 is 0 Å². The van der Waals surface area contributed by atoms with E-state index in [-0.39, 0.29) is 5.91 Å². The van der Waals surface area contributed by atoms with E-state index in [0.717, 1.165) is 13.0 Å². The summed E-state index contributed by atoms with van der Waals surface area (Å²) in [5.41, 5.74) is 5.59. The molecular weight excluding hydrogens is 234 g/mol. The lowest BCUT2D eigenvalue weighted by atomic mass is 10.3. The molecule has 0 bridgehead atoms. The Morgan fingerprint density at radius 2 is 2.22 bits per heavy atom. The summed E-state index contributed by atoms with van der Waals surface area (Å²) >= 11 is 0. The predicted molar refractivity (Wildman–Crippen MR) is 68.4 cm³/mol. The minimum Gasteiger partial charge on any atom is -0.380 e. The van der Waals surface area contributed by atoms with Gasteiger partial charge < -0.3 is 21.1 Å². The van der Waals surface area contributed by atoms with Crippen molar-refractivity contribution in [2.45, 2.75) is 6.42 Å². The van der Waals surface area contributed by atoms with E-state index in [1.54, 1.807) is 19.2 Å². The van der Waals surface area contributed by atoms with Crippen molar-refractivity contribution >= 4 is 11.7 Å². The van der Waals surface area contributed by atoms with Crippen LogP contribution in [0.25, 0.3) is 0 Å². The molecule has 1 amide bonds. The number of rotatable bonds is 8. The molecule has 0 aliphatic carbocycles. The van der Waals surface area contributed by atoms with Crippen LogP contribution < -0.4 is 16.4 Å². The Morgan fingerprint density at radius 3 is 2.83 bits per heavy atom. The molecule has 0 aliphatic heterocycles. The average Bonchev–Trinajstić information content (AvgIpc) is 2.42. The minimum absolute atomic E-state index is 0.246. The molecule has 0 unspecified atom stereocenters. The molecule has 4 N–H and O–H groups in total. The topological polar surface area (TPSA) is 102 Å². The summed E-state index contributed by atoms with van der Waals surface area (Å²) in [4.78, 5) is 11.2. The van der Waals surface area contributed by atoms with Crippen molar-refractivity contribution in [3.05, 3.63) is 17.8 Å². The van der Waals surface area contributed by atoms with Crippen molar-refractivity contribution in [3.63, 3.8) is 0 Å². The van der Waals surface area contributed by atoms with Gasteiger partial charge in [0.05, 0.1) is 6.61 Å². The molecule has 0 spiro atoms. The Kier molecular flexibility index (Phi) is 6.67. The first kappa shape index (κ1) is 14.3. The molecule has 0 saturated carbocycles. The Balaban J connectivity index is 2.25. The number of carbonyl (C=O) groups is 1. The second-order valence-electron chi connectivity index (χ2n) is 3.56. The van der Waals surface area contributed by atoms with Crippen molar-refractivity contribution in [3.8, 4) is 0 Å². The highest BCUT2D eigenvalue weighted by Gasteiger charge is 2.04. The van der Waals surface area contributed by atoms with Crippen LogP contribution in [0.5, 0.6) is 0 Å². The molecule has 1 heterocycles. The van der Waals surface area contributed by atoms with E-state index in [4.69, 9.17) is 10.5 Å². The molecule has 7 heteroatoms. The smallest absolute Gasteiger partial charge is 0.271 e. The van der Waals surface area contributed by atoms with Crippen LogP contribution in [0, 0.1) is 0 Å². The molecule has 1 aromatic rings. The van der Waals surface area contributed by atoms with Crippen LogP contribution in [-0.2, 0) is 4.74 Å². The van der Waals surface area contributed by atoms with Crippen molar-refractivity contribution in [2.75, 3.05) is 38.7 Å². The monoisotopic (exact) mass is 253 g/mol. The summed E-state index contributed by atoms with van der Waals surface area (Å²) in [6.45, 7) is 2.52. The zero-order chi connectivity index (χ0) is 13.2. The summed E-state index contributed by atoms with van der Waals surface area (Å²) in [7, 11) is 1.55. The third-order valence-electron chi connectivity index (χ3n) is 2.16. The molecule has 100 valence electrons. The number of carbonyl (C=O) groups excluding carboxylic acids is 1. The van der Waals surface area contributed by atoms with Crippen LogP contribution in [-0.4, -0.2) is 49.5 Å². The molecule has 0 aliphatic rings. The number of aromatic nitrogens is 2. The molecule has 0 radical (unpaired) electrons. The minimum atomic E-state index is -0.246. The van der Waals surface area contributed by atoms with Gasteiger partial charge in [-0.2, -0.15) is 0 Å². The standard InChI is InChI=1S/C11H19N5O2/c1-13-11(17)9-3-4-10(16-15-9)14-6-2-7-18-8-5-12/h3-4H,2,5-8,12H2,1H3,(H,13,17)(H,14,16). The van der Waals surface area contributed by atoms with E-state index in [9.17, 15) is 4.79 Å². The van der Waals surface area contributed by atoms with Gasteiger partial charge >= 0.3 is 0 Å². The van der Waals surface area contributed by atoms with Crippen molar-refractivity contribution in [2.24, 2.45) is 5.73 Å². The number of nitrogens with two attached hydrogens (primary N) is 1. The number of nitrogens with one attached hydrogen (secondary N) is 2. The highest BCUT2D eigenvalue weighted by atomic mass is 16.5. The third-order valence-corrected chi connectivity index (χ3v) is 2.16. The van der Waals surface area contributed by atoms with E-state index in [0.29, 0.717) is 31.3 Å². The van der Waals surface area contributed by atoms with E-state index < -0.39 is 0 Å². The number of anilines is 1. The maximum Gasteiger partial charge on any atom is 0.271 e. The zero-order valence-electron chi connectivity index (χ0n) is 10.5. The normalized spacial score (nSPS) is 10.1. The van der Waals surface area contributed by atoms with Gasteiger partial charge in [0.25, 0.3) is 5.91 Å². The van der Waals surface area contributed by atoms with Gasteiger partial charge in [-0.05, 0) is 18.6 Å². The lowest BCUT2D eigenvalue weighted by Crippen LogP contribution is -2.20. The van der Waals surface area contributed by atoms with Gasteiger partial charge in [0.1, 0.15) is 5.82 Å². The number of hydrogen-bond donors (Lipinski definition) is 3. The first-order chi connectivity index (χ1) is 8.77. The quantitative estimate of drug-likeness (QED) is 0.545. The number of ether oxygens (including phenoxy) is 1. The molecule has 18 heavy (non-hydrogen) atoms. The first-order valence-corrected chi connectivity index (χ1v) is 5.85. The fourth-order valence-corrected chi connectivity index (χ4v) is 1.25. The van der Waals surface area contributed by atoms with Crippen LogP contribution in [0.4, 0.5) is 5.82 Å². The summed E-state index contributed by atoms with van der Waals surface area (Å²) in [5, 5.41) is 13.3. The predicted octanol–water partition coefficient (Wildman–Crippen LogP) is -0.386. The van der Waals surface area contributed by atoms with Gasteiger partial charge in [0, 0.05) is 26.7 Å². The highest BCUT2D eigenvalue weighted by molar-refractivity contribution is 5.91. The van der Waals surface area contributed by atoms with Gasteiger partial charge in [-0.25, -0.2) is 0 Å². The molecule has 0 atom stereocenters. The Morgan fingerprint density at radius 1 is 1.39 bits per heavy atom. The summed E-state index contributed by atoms with van der Waals surface area (Å²) in [6, 6.07) is 3.34. The Bertz CT molecular complexity index is 355. The van der Waals surface area contributed by atoms with Gasteiger partial charge in [-0.1, -0.05) is 0 Å². The summed E-state index contributed by atoms with van der Waals surface area (Å²) in [5.74, 6) is 0.394. The lowest BCUT2D eigenvalue weighted by molar-refractivity contribution is 0.0957. The SMILES string of the molecule is CNC(=O)c1ccc(NCCCOCCN)nn1. The first-order valence-electron chi connectivity index (χ1n) is 5.85. The molecule has 1 rings (SSSR count). The van der Waals surface area contributed by atoms with Crippen molar-refractivity contribution in [1.29, 1.82) is 0 Å². The van der Waals surface area contributed by atoms with Crippen molar-refractivity contribution < 1.29 is 9.53 Å². The van der Waals surface area contributed by atoms with E-state index >= 15 is 0 Å². The van der Waals surface area contributed by atoms with Gasteiger partial charge in [-0.15, -0.1) is 10.2 Å². The maximum absolute atomic E-state index is 11.2. The van der Waals surface area contributed by atoms with E-state index in [1.807, 2.05) is 0 Å². The molecular formula is C11H19N5O2. The number of hydrogen-bond acceptors (Lipinski definition) is 6. The third kappa shape index (κ3) is 5.07. The van der Waals surface area contributed by atoms with Gasteiger partial charge in [0.15, 0.2) is 5.69 Å². The molecule has 1 aromatic heterocycles. The van der Waals surface area contributed by atoms with Crippen molar-refractivity contribution in [1.82, 2.24) is 15.5 Å². The second-order valence-corrected chi connectivity index (χ2v) is 3.56. The number of nitrogens with zero attached hydrogens (tertiary/aromatic N) is 2. The molecule has 7 nitrogen and oxygen atoms in total. The Hall–Kier alpha value is -1.73. The molecule has 0 fully saturated rings. The fourth-order valence-electron chi connectivity index (χ4n) is 1.25. The van der Waals surface area contributed by atoms with Crippen LogP contribution in [0.2, 0.25) is 0 Å². The molecule has 0 aromatic carbocycles. The van der Waals surface area contributed by atoms with Gasteiger partial charge in [-0.3, -0.25) is 4.79 Å². The van der Waals surface area contributed by atoms with E-state index in [2.05, 4.69) is 20.8 Å². The second kappa shape index (κ2) is 8.37. The van der Waals surface area contributed by atoms with Gasteiger partial charge in [0.2, 0.25) is 0 Å². The van der Waals surface area contributed by atoms with Crippen LogP contribution in [0.1, 0.15) is 16.9 Å². The fraction of sp³-hybridized carbons (Fsp3) is 0.545. The van der Waals surface area contributed by atoms with E-state index in [1.165, 1.54) is 0 Å². The molecule has 0 saturated heterocycles. The average molecular weight is 253 g/mol. The zero-order valence-corrected chi connectivity index (χ0v) is 10.5. The summed E-state index contributed by atoms with van der Waals surface area (Å²) in [6.07, 6.45) is 0.860.